The normalized spacial score (nSPS) is 16.2. The molecule has 0 spiro atoms. The molecule has 0 amide bonds. The number of hydrogen-bond acceptors (Lipinski definition) is 3. The fraction of sp³-hybridized carbons (Fsp3) is 0.200. The average molecular weight is 451 g/mol. The Morgan fingerprint density at radius 3 is 2.79 bits per heavy atom. The highest BCUT2D eigenvalue weighted by Gasteiger charge is 2.35. The van der Waals surface area contributed by atoms with Crippen molar-refractivity contribution in [3.63, 3.8) is 0 Å². The zero-order valence-corrected chi connectivity index (χ0v) is 17.8. The summed E-state index contributed by atoms with van der Waals surface area (Å²) in [5, 5.41) is 11.9. The van der Waals surface area contributed by atoms with Gasteiger partial charge in [0.2, 0.25) is 0 Å². The SMILES string of the molecule is O=C(O)[C@H]1Cc2c([nH]c3ccccc23)CN1C(=S)SCc1ccc(Cl)c(Cl)c1. The van der Waals surface area contributed by atoms with Gasteiger partial charge in [-0.1, -0.05) is 71.4 Å². The van der Waals surface area contributed by atoms with E-state index >= 15 is 0 Å². The number of nitrogens with zero attached hydrogens (tertiary/aromatic N) is 1. The monoisotopic (exact) mass is 450 g/mol. The van der Waals surface area contributed by atoms with Crippen molar-refractivity contribution >= 4 is 68.4 Å². The molecule has 1 aromatic heterocycles. The summed E-state index contributed by atoms with van der Waals surface area (Å²) in [7, 11) is 0. The number of carbonyl (C=O) groups is 1. The minimum absolute atomic E-state index is 0.419. The summed E-state index contributed by atoms with van der Waals surface area (Å²) in [6.07, 6.45) is 0.419. The first-order valence-corrected chi connectivity index (χ1v) is 10.8. The molecule has 28 heavy (non-hydrogen) atoms. The molecule has 0 aliphatic carbocycles. The van der Waals surface area contributed by atoms with E-state index in [1.165, 1.54) is 11.8 Å². The predicted octanol–water partition coefficient (Wildman–Crippen LogP) is 5.50. The molecule has 0 bridgehead atoms. The summed E-state index contributed by atoms with van der Waals surface area (Å²) in [4.78, 5) is 17.1. The van der Waals surface area contributed by atoms with E-state index in [4.69, 9.17) is 35.4 Å². The molecule has 0 saturated carbocycles. The zero-order valence-electron chi connectivity index (χ0n) is 14.6. The van der Waals surface area contributed by atoms with Gasteiger partial charge in [-0.2, -0.15) is 0 Å². The summed E-state index contributed by atoms with van der Waals surface area (Å²) >= 11 is 19.1. The quantitative estimate of drug-likeness (QED) is 0.515. The van der Waals surface area contributed by atoms with E-state index in [1.807, 2.05) is 30.3 Å². The number of thiocarbonyl (C=S) groups is 1. The molecule has 2 aromatic carbocycles. The van der Waals surface area contributed by atoms with Gasteiger partial charge in [0.15, 0.2) is 0 Å². The lowest BCUT2D eigenvalue weighted by atomic mass is 9.97. The largest absolute Gasteiger partial charge is 0.480 e. The number of rotatable bonds is 3. The molecule has 144 valence electrons. The molecule has 0 unspecified atom stereocenters. The van der Waals surface area contributed by atoms with Crippen molar-refractivity contribution < 1.29 is 9.90 Å². The van der Waals surface area contributed by atoms with Crippen molar-refractivity contribution in [3.05, 3.63) is 69.3 Å². The Labute approximate surface area is 181 Å². The Kier molecular flexibility index (Phi) is 5.56. The Balaban J connectivity index is 1.55. The first-order valence-electron chi connectivity index (χ1n) is 8.62. The average Bonchev–Trinajstić information content (AvgIpc) is 3.05. The highest BCUT2D eigenvalue weighted by Crippen LogP contribution is 2.33. The Hall–Kier alpha value is -1.73. The molecule has 4 nitrogen and oxygen atoms in total. The summed E-state index contributed by atoms with van der Waals surface area (Å²) in [5.74, 6) is -0.272. The van der Waals surface area contributed by atoms with Crippen LogP contribution in [0.4, 0.5) is 0 Å². The number of hydrogen-bond donors (Lipinski definition) is 2. The van der Waals surface area contributed by atoms with Crippen molar-refractivity contribution in [1.82, 2.24) is 9.88 Å². The standard InChI is InChI=1S/C20H16Cl2N2O2S2/c21-14-6-5-11(7-15(14)22)10-28-20(27)24-9-17-13(8-18(24)19(25)26)12-3-1-2-4-16(12)23-17/h1-7,18,23H,8-10H2,(H,25,26)/t18-/m1/s1. The van der Waals surface area contributed by atoms with Crippen LogP contribution in [0.15, 0.2) is 42.5 Å². The van der Waals surface area contributed by atoms with Gasteiger partial charge in [-0.3, -0.25) is 0 Å². The fourth-order valence-corrected chi connectivity index (χ4v) is 4.99. The van der Waals surface area contributed by atoms with Crippen LogP contribution < -0.4 is 0 Å². The highest BCUT2D eigenvalue weighted by molar-refractivity contribution is 8.22. The van der Waals surface area contributed by atoms with E-state index in [2.05, 4.69) is 4.98 Å². The highest BCUT2D eigenvalue weighted by atomic mass is 35.5. The van der Waals surface area contributed by atoms with Crippen molar-refractivity contribution in [3.8, 4) is 0 Å². The molecule has 2 heterocycles. The van der Waals surface area contributed by atoms with Crippen LogP contribution in [0.5, 0.6) is 0 Å². The number of para-hydroxylation sites is 1. The minimum Gasteiger partial charge on any atom is -0.480 e. The number of benzene rings is 2. The zero-order chi connectivity index (χ0) is 19.8. The Morgan fingerprint density at radius 1 is 1.25 bits per heavy atom. The number of halogens is 2. The molecular formula is C20H16Cl2N2O2S2. The summed E-state index contributed by atoms with van der Waals surface area (Å²) < 4.78 is 0.558. The van der Waals surface area contributed by atoms with Crippen LogP contribution in [0, 0.1) is 0 Å². The van der Waals surface area contributed by atoms with Gasteiger partial charge < -0.3 is 15.0 Å². The van der Waals surface area contributed by atoms with Gasteiger partial charge in [0.05, 0.1) is 16.6 Å². The smallest absolute Gasteiger partial charge is 0.326 e. The van der Waals surface area contributed by atoms with Crippen molar-refractivity contribution in [1.29, 1.82) is 0 Å². The van der Waals surface area contributed by atoms with E-state index in [9.17, 15) is 9.90 Å². The topological polar surface area (TPSA) is 56.3 Å². The van der Waals surface area contributed by atoms with Gasteiger partial charge in [-0.25, -0.2) is 4.79 Å². The van der Waals surface area contributed by atoms with Crippen LogP contribution in [0.3, 0.4) is 0 Å². The molecule has 1 aliphatic rings. The minimum atomic E-state index is -0.867. The first-order chi connectivity index (χ1) is 13.4. The first kappa shape index (κ1) is 19.6. The Bertz CT molecular complexity index is 1080. The number of thioether (sulfide) groups is 1. The third-order valence-corrected chi connectivity index (χ3v) is 7.16. The lowest BCUT2D eigenvalue weighted by Crippen LogP contribution is -2.47. The van der Waals surface area contributed by atoms with Gasteiger partial charge in [-0.15, -0.1) is 0 Å². The summed E-state index contributed by atoms with van der Waals surface area (Å²) in [6.45, 7) is 0.453. The van der Waals surface area contributed by atoms with Crippen LogP contribution in [0.25, 0.3) is 10.9 Å². The molecule has 2 N–H and O–H groups in total. The van der Waals surface area contributed by atoms with Crippen LogP contribution in [0.2, 0.25) is 10.0 Å². The number of aliphatic carboxylic acids is 1. The lowest BCUT2D eigenvalue weighted by molar-refractivity contribution is -0.142. The van der Waals surface area contributed by atoms with Crippen molar-refractivity contribution in [2.24, 2.45) is 0 Å². The second-order valence-corrected chi connectivity index (χ2v) is 9.04. The number of aromatic nitrogens is 1. The molecule has 3 aromatic rings. The third-order valence-electron chi connectivity index (χ3n) is 4.87. The van der Waals surface area contributed by atoms with E-state index in [1.54, 1.807) is 17.0 Å². The van der Waals surface area contributed by atoms with E-state index in [0.717, 1.165) is 27.7 Å². The third kappa shape index (κ3) is 3.74. The van der Waals surface area contributed by atoms with Crippen LogP contribution in [-0.2, 0) is 23.5 Å². The number of nitrogens with one attached hydrogen (secondary N) is 1. The van der Waals surface area contributed by atoms with Gasteiger partial charge in [-0.05, 0) is 29.3 Å². The lowest BCUT2D eigenvalue weighted by Gasteiger charge is -2.34. The van der Waals surface area contributed by atoms with Crippen molar-refractivity contribution in [2.75, 3.05) is 0 Å². The number of carboxylic acid groups (broad SMARTS) is 1. The van der Waals surface area contributed by atoms with Crippen LogP contribution in [-0.4, -0.2) is 31.3 Å². The predicted molar refractivity (Wildman–Crippen MR) is 119 cm³/mol. The number of carboxylic acids is 1. The van der Waals surface area contributed by atoms with Crippen LogP contribution >= 0.6 is 47.2 Å². The maximum absolute atomic E-state index is 11.9. The number of aromatic amines is 1. The molecule has 0 saturated heterocycles. The fourth-order valence-electron chi connectivity index (χ4n) is 3.48. The maximum atomic E-state index is 11.9. The molecule has 0 radical (unpaired) electrons. The molecular weight excluding hydrogens is 435 g/mol. The second-order valence-electron chi connectivity index (χ2n) is 6.62. The Morgan fingerprint density at radius 2 is 2.04 bits per heavy atom. The molecule has 1 atom stereocenters. The van der Waals surface area contributed by atoms with E-state index in [0.29, 0.717) is 33.1 Å². The molecule has 4 rings (SSSR count). The molecule has 8 heteroatoms. The van der Waals surface area contributed by atoms with Crippen LogP contribution in [0.1, 0.15) is 16.8 Å². The van der Waals surface area contributed by atoms with Gasteiger partial charge in [0.1, 0.15) is 10.4 Å². The number of H-pyrrole nitrogens is 1. The maximum Gasteiger partial charge on any atom is 0.326 e. The molecule has 0 fully saturated rings. The second kappa shape index (κ2) is 7.95. The molecule has 1 aliphatic heterocycles. The van der Waals surface area contributed by atoms with E-state index in [-0.39, 0.29) is 0 Å². The van der Waals surface area contributed by atoms with Gasteiger partial charge in [0, 0.05) is 28.8 Å². The van der Waals surface area contributed by atoms with Crippen molar-refractivity contribution in [2.45, 2.75) is 24.8 Å². The van der Waals surface area contributed by atoms with E-state index < -0.39 is 12.0 Å². The summed E-state index contributed by atoms with van der Waals surface area (Å²) in [6, 6.07) is 12.7. The van der Waals surface area contributed by atoms with Gasteiger partial charge >= 0.3 is 5.97 Å². The van der Waals surface area contributed by atoms with Gasteiger partial charge in [0.25, 0.3) is 0 Å². The summed E-state index contributed by atoms with van der Waals surface area (Å²) in [5.41, 5.74) is 4.09. The number of fused-ring (bicyclic) bond motifs is 3.